The number of aliphatic imine (C=N–C) groups is 2. The van der Waals surface area contributed by atoms with Gasteiger partial charge in [0.25, 0.3) is 0 Å². The van der Waals surface area contributed by atoms with Gasteiger partial charge in [0.2, 0.25) is 0 Å². The smallest absolute Gasteiger partial charge is 0.136 e. The van der Waals surface area contributed by atoms with E-state index < -0.39 is 0 Å². The summed E-state index contributed by atoms with van der Waals surface area (Å²) in [5, 5.41) is 4.89. The number of nitrogens with zero attached hydrogens (tertiary/aromatic N) is 6. The fourth-order valence-electron chi connectivity index (χ4n) is 10.8. The van der Waals surface area contributed by atoms with Gasteiger partial charge in [0.05, 0.1) is 44.2 Å². The van der Waals surface area contributed by atoms with E-state index in [1.807, 2.05) is 0 Å². The minimum absolute atomic E-state index is 0.239. The van der Waals surface area contributed by atoms with E-state index in [1.165, 1.54) is 54.7 Å². The molecule has 334 valence electrons. The molecule has 0 saturated heterocycles. The normalized spacial score (nSPS) is 17.1. The van der Waals surface area contributed by atoms with Crippen LogP contribution in [-0.2, 0) is 0 Å². The first kappa shape index (κ1) is 41.7. The summed E-state index contributed by atoms with van der Waals surface area (Å²) < 4.78 is 4.83. The number of para-hydroxylation sites is 4. The largest absolute Gasteiger partial charge is 0.318 e. The molecule has 10 aromatic rings. The van der Waals surface area contributed by atoms with Crippen molar-refractivity contribution in [2.75, 3.05) is 9.80 Å². The van der Waals surface area contributed by atoms with Crippen LogP contribution in [0.5, 0.6) is 0 Å². The van der Waals surface area contributed by atoms with Crippen molar-refractivity contribution in [1.29, 1.82) is 0 Å². The second-order valence-electron chi connectivity index (χ2n) is 20.7. The Morgan fingerprint density at radius 1 is 0.294 bits per heavy atom. The molecule has 0 radical (unpaired) electrons. The summed E-state index contributed by atoms with van der Waals surface area (Å²) in [6, 6.07) is 70.8. The van der Waals surface area contributed by atoms with Crippen LogP contribution in [0.25, 0.3) is 66.1 Å². The molecule has 0 unspecified atom stereocenters. The third kappa shape index (κ3) is 6.16. The summed E-state index contributed by atoms with van der Waals surface area (Å²) in [6.07, 6.45) is 0. The van der Waals surface area contributed by atoms with Crippen LogP contribution < -0.4 is 9.80 Å². The Kier molecular flexibility index (Phi) is 9.14. The highest BCUT2D eigenvalue weighted by Gasteiger charge is 2.51. The zero-order valence-electron chi connectivity index (χ0n) is 40.2. The molecule has 0 spiro atoms. The molecule has 68 heavy (non-hydrogen) atoms. The fourth-order valence-corrected chi connectivity index (χ4v) is 10.8. The molecule has 0 atom stereocenters. The Balaban J connectivity index is 0.950. The Hall–Kier alpha value is -7.70. The van der Waals surface area contributed by atoms with E-state index in [9.17, 15) is 0 Å². The van der Waals surface area contributed by atoms with Gasteiger partial charge in [-0.3, -0.25) is 9.98 Å². The molecular formula is C62H56N6. The Morgan fingerprint density at radius 3 is 1.06 bits per heavy atom. The second-order valence-corrected chi connectivity index (χ2v) is 20.7. The maximum Gasteiger partial charge on any atom is 0.136 e. The van der Waals surface area contributed by atoms with Gasteiger partial charge in [0.1, 0.15) is 11.7 Å². The summed E-state index contributed by atoms with van der Waals surface area (Å²) in [6.45, 7) is 18.2. The van der Waals surface area contributed by atoms with Crippen LogP contribution in [0, 0.1) is 0 Å². The highest BCUT2D eigenvalue weighted by Crippen LogP contribution is 2.45. The number of fused-ring (bicyclic) bond motifs is 6. The third-order valence-electron chi connectivity index (χ3n) is 15.7. The molecule has 6 nitrogen and oxygen atoms in total. The van der Waals surface area contributed by atoms with E-state index in [0.29, 0.717) is 0 Å². The van der Waals surface area contributed by atoms with E-state index in [0.717, 1.165) is 45.5 Å². The van der Waals surface area contributed by atoms with Crippen molar-refractivity contribution in [3.05, 3.63) is 205 Å². The number of aromatic nitrogens is 2. The molecule has 0 aliphatic carbocycles. The molecule has 0 amide bonds. The lowest BCUT2D eigenvalue weighted by Crippen LogP contribution is -2.53. The lowest BCUT2D eigenvalue weighted by atomic mass is 9.83. The van der Waals surface area contributed by atoms with Crippen LogP contribution in [-0.4, -0.2) is 43.0 Å². The standard InChI is InChI=1S/C62H56N6/c1-59(2)61(5,6)67(45-23-11-9-12-24-45)57(63-59)43-21-19-27-47(37-43)65-53-31-17-15-29-49(53)51-39-41(33-35-55(51)65)42-34-36-56-52(40-42)50-30-16-18-32-54(50)66(56)48-28-20-22-44(38-48)58-64-60(3,4)62(7,8)68(58)46-25-13-10-14-26-46/h9-40H,1-8H3. The van der Waals surface area contributed by atoms with E-state index in [4.69, 9.17) is 9.98 Å². The maximum atomic E-state index is 5.42. The predicted molar refractivity (Wildman–Crippen MR) is 288 cm³/mol. The number of hydrogen-bond donors (Lipinski definition) is 0. The molecule has 2 aliphatic heterocycles. The van der Waals surface area contributed by atoms with Crippen molar-refractivity contribution in [1.82, 2.24) is 9.13 Å². The van der Waals surface area contributed by atoms with Crippen LogP contribution in [0.3, 0.4) is 0 Å². The maximum absolute atomic E-state index is 5.42. The van der Waals surface area contributed by atoms with Crippen LogP contribution >= 0.6 is 0 Å². The van der Waals surface area contributed by atoms with Gasteiger partial charge in [0.15, 0.2) is 0 Å². The summed E-state index contributed by atoms with van der Waals surface area (Å²) in [4.78, 5) is 15.7. The number of benzene rings is 8. The zero-order valence-corrected chi connectivity index (χ0v) is 40.2. The van der Waals surface area contributed by atoms with E-state index in [-0.39, 0.29) is 22.2 Å². The molecule has 4 heterocycles. The highest BCUT2D eigenvalue weighted by molar-refractivity contribution is 6.16. The minimum Gasteiger partial charge on any atom is -0.318 e. The highest BCUT2D eigenvalue weighted by atomic mass is 15.3. The zero-order chi connectivity index (χ0) is 46.7. The van der Waals surface area contributed by atoms with E-state index in [1.54, 1.807) is 0 Å². The number of amidine groups is 2. The van der Waals surface area contributed by atoms with Crippen LogP contribution in [0.1, 0.15) is 66.5 Å². The van der Waals surface area contributed by atoms with Crippen molar-refractivity contribution >= 4 is 66.7 Å². The first-order chi connectivity index (χ1) is 32.7. The number of hydrogen-bond acceptors (Lipinski definition) is 4. The Bertz CT molecular complexity index is 3450. The van der Waals surface area contributed by atoms with E-state index >= 15 is 0 Å². The van der Waals surface area contributed by atoms with Gasteiger partial charge < -0.3 is 18.9 Å². The van der Waals surface area contributed by atoms with Crippen LogP contribution in [0.15, 0.2) is 204 Å². The molecule has 0 bridgehead atoms. The second kappa shape index (κ2) is 14.9. The molecule has 12 rings (SSSR count). The summed E-state index contributed by atoms with van der Waals surface area (Å²) in [5.74, 6) is 1.98. The molecule has 0 N–H and O–H groups in total. The molecule has 0 saturated carbocycles. The predicted octanol–water partition coefficient (Wildman–Crippen LogP) is 15.2. The minimum atomic E-state index is -0.300. The van der Waals surface area contributed by atoms with E-state index in [2.05, 4.69) is 268 Å². The third-order valence-corrected chi connectivity index (χ3v) is 15.7. The molecule has 2 aromatic heterocycles. The van der Waals surface area contributed by atoms with Crippen molar-refractivity contribution < 1.29 is 0 Å². The Labute approximate surface area is 399 Å². The summed E-state index contributed by atoms with van der Waals surface area (Å²) in [7, 11) is 0. The summed E-state index contributed by atoms with van der Waals surface area (Å²) >= 11 is 0. The average molecular weight is 885 g/mol. The molecular weight excluding hydrogens is 829 g/mol. The van der Waals surface area contributed by atoms with Crippen LogP contribution in [0.2, 0.25) is 0 Å². The fraction of sp³-hybridized carbons (Fsp3) is 0.194. The number of anilines is 2. The lowest BCUT2D eigenvalue weighted by molar-refractivity contribution is 0.338. The topological polar surface area (TPSA) is 41.1 Å². The number of rotatable bonds is 7. The van der Waals surface area contributed by atoms with Crippen molar-refractivity contribution in [3.63, 3.8) is 0 Å². The van der Waals surface area contributed by atoms with Gasteiger partial charge in [-0.1, -0.05) is 109 Å². The van der Waals surface area contributed by atoms with Gasteiger partial charge in [-0.25, -0.2) is 0 Å². The molecule has 8 aromatic carbocycles. The Morgan fingerprint density at radius 2 is 0.647 bits per heavy atom. The van der Waals surface area contributed by atoms with Gasteiger partial charge >= 0.3 is 0 Å². The van der Waals surface area contributed by atoms with Crippen molar-refractivity contribution in [2.45, 2.75) is 77.5 Å². The first-order valence-corrected chi connectivity index (χ1v) is 23.9. The quantitative estimate of drug-likeness (QED) is 0.160. The van der Waals surface area contributed by atoms with Crippen LogP contribution in [0.4, 0.5) is 11.4 Å². The van der Waals surface area contributed by atoms with Gasteiger partial charge in [-0.2, -0.15) is 0 Å². The van der Waals surface area contributed by atoms with Gasteiger partial charge in [0, 0.05) is 55.4 Å². The first-order valence-electron chi connectivity index (χ1n) is 23.9. The summed E-state index contributed by atoms with van der Waals surface area (Å²) in [5.41, 5.74) is 12.7. The van der Waals surface area contributed by atoms with Gasteiger partial charge in [-0.15, -0.1) is 0 Å². The average Bonchev–Trinajstić information content (AvgIpc) is 3.98. The lowest BCUT2D eigenvalue weighted by Gasteiger charge is -2.41. The monoisotopic (exact) mass is 884 g/mol. The molecule has 0 fully saturated rings. The van der Waals surface area contributed by atoms with Crippen molar-refractivity contribution in [3.8, 4) is 22.5 Å². The SMILES string of the molecule is CC1(C)N=C(c2cccc(-n3c4ccccc4c4cc(-c5ccc6c(c5)c5ccccc5n6-c5cccc(C6=NC(C)(C)C(C)(C)N6c6ccccc6)c5)ccc43)c2)N(c2ccccc2)C1(C)C. The van der Waals surface area contributed by atoms with Gasteiger partial charge in [-0.05, 0) is 151 Å². The molecule has 2 aliphatic rings. The molecule has 6 heteroatoms. The van der Waals surface area contributed by atoms with Crippen molar-refractivity contribution in [2.24, 2.45) is 9.98 Å².